The molecule has 0 aliphatic carbocycles. The van der Waals surface area contributed by atoms with Gasteiger partial charge in [-0.3, -0.25) is 59.1 Å². The smallest absolute Gasteiger partial charge is 0.287 e. The molecule has 0 radical (unpaired) electrons. The van der Waals surface area contributed by atoms with Crippen LogP contribution in [0.15, 0.2) is 73.1 Å². The molecule has 0 saturated carbocycles. The number of nitro benzene ring substituents is 1. The predicted molar refractivity (Wildman–Crippen MR) is 227 cm³/mol. The van der Waals surface area contributed by atoms with Crippen LogP contribution in [0.3, 0.4) is 0 Å². The summed E-state index contributed by atoms with van der Waals surface area (Å²) < 4.78 is 2.67. The SMILES string of the molecule is Cn1cc([N+](=O)[O-])cc1C(=O)NCCNCCNC(=O)c1cc(C(=O)NCCNCCNC(=O)c2cc([N+](=O)[O-])cn2C)cc(N2C(=O)c3cccc4cc([N+](=O)[O-])cc(c34)C2=O)c1. The summed E-state index contributed by atoms with van der Waals surface area (Å²) in [7, 11) is 3.01. The standard InChI is InChI=1S/C40H40N12O12/c1-47-21-28(51(61)62)19-32(47)37(55)45-12-8-41-6-10-43-35(53)24-14-25(36(54)44-11-7-42-9-13-46-38(56)33-20-29(52(63)64)22-48(33)2)17-26(16-24)49-39(57)30-5-3-4-23-15-27(50(59)60)18-31(34(23)30)40(49)58/h3-5,14-22,41-42H,6-13H2,1-2H3,(H,43,53)(H,44,54)(H,45,55)(H,46,56). The fourth-order valence-electron chi connectivity index (χ4n) is 6.87. The van der Waals surface area contributed by atoms with Crippen LogP contribution in [0.25, 0.3) is 10.8 Å². The first-order valence-corrected chi connectivity index (χ1v) is 19.5. The molecule has 0 unspecified atom stereocenters. The van der Waals surface area contributed by atoms with Gasteiger partial charge in [-0.2, -0.15) is 0 Å². The second-order valence-corrected chi connectivity index (χ2v) is 14.3. The molecule has 24 heteroatoms. The first kappa shape index (κ1) is 45.2. The van der Waals surface area contributed by atoms with Crippen molar-refractivity contribution in [3.05, 3.63) is 137 Å². The number of aryl methyl sites for hydroxylation is 2. The van der Waals surface area contributed by atoms with Crippen LogP contribution in [0.2, 0.25) is 0 Å². The number of imide groups is 1. The largest absolute Gasteiger partial charge is 0.351 e. The number of benzene rings is 3. The molecule has 64 heavy (non-hydrogen) atoms. The third-order valence-corrected chi connectivity index (χ3v) is 9.96. The second-order valence-electron chi connectivity index (χ2n) is 14.3. The minimum Gasteiger partial charge on any atom is -0.351 e. The number of hydrogen-bond acceptors (Lipinski definition) is 14. The number of non-ortho nitro benzene ring substituents is 1. The Bertz CT molecular complexity index is 2630. The number of nitrogens with zero attached hydrogens (tertiary/aromatic N) is 6. The third-order valence-electron chi connectivity index (χ3n) is 9.96. The lowest BCUT2D eigenvalue weighted by molar-refractivity contribution is -0.385. The molecule has 1 aliphatic rings. The van der Waals surface area contributed by atoms with Crippen LogP contribution in [0.1, 0.15) is 62.4 Å². The van der Waals surface area contributed by atoms with Gasteiger partial charge in [0, 0.05) is 113 Å². The Morgan fingerprint density at radius 1 is 0.531 bits per heavy atom. The van der Waals surface area contributed by atoms with Gasteiger partial charge < -0.3 is 41.0 Å². The summed E-state index contributed by atoms with van der Waals surface area (Å²) in [6.45, 7) is 1.39. The van der Waals surface area contributed by atoms with E-state index in [0.29, 0.717) is 5.39 Å². The van der Waals surface area contributed by atoms with Gasteiger partial charge in [0.05, 0.1) is 38.4 Å². The number of rotatable bonds is 20. The van der Waals surface area contributed by atoms with E-state index in [1.165, 1.54) is 78.1 Å². The van der Waals surface area contributed by atoms with Crippen LogP contribution in [0.4, 0.5) is 22.7 Å². The average molecular weight is 881 g/mol. The number of carbonyl (C=O) groups excluding carboxylic acids is 6. The summed E-state index contributed by atoms with van der Waals surface area (Å²) >= 11 is 0. The number of nitrogens with one attached hydrogen (secondary N) is 6. The van der Waals surface area contributed by atoms with E-state index in [9.17, 15) is 59.1 Å². The van der Waals surface area contributed by atoms with Crippen molar-refractivity contribution in [3.63, 3.8) is 0 Å². The summed E-state index contributed by atoms with van der Waals surface area (Å²) in [5, 5.41) is 51.1. The van der Waals surface area contributed by atoms with Gasteiger partial charge in [-0.15, -0.1) is 0 Å². The first-order valence-electron chi connectivity index (χ1n) is 19.5. The molecule has 2 aromatic heterocycles. The van der Waals surface area contributed by atoms with Crippen LogP contribution >= 0.6 is 0 Å². The minimum absolute atomic E-state index is 0.0559. The van der Waals surface area contributed by atoms with Crippen molar-refractivity contribution in [2.75, 3.05) is 57.3 Å². The summed E-state index contributed by atoms with van der Waals surface area (Å²) in [4.78, 5) is 113. The average Bonchev–Trinajstić information content (AvgIpc) is 3.87. The molecule has 6 rings (SSSR count). The Kier molecular flexibility index (Phi) is 13.8. The molecule has 6 N–H and O–H groups in total. The minimum atomic E-state index is -0.912. The maximum atomic E-state index is 14.0. The summed E-state index contributed by atoms with van der Waals surface area (Å²) in [5.74, 6) is -4.10. The lowest BCUT2D eigenvalue weighted by Gasteiger charge is -2.27. The van der Waals surface area contributed by atoms with Crippen LogP contribution in [-0.2, 0) is 14.1 Å². The number of carbonyl (C=O) groups is 6. The monoisotopic (exact) mass is 880 g/mol. The first-order chi connectivity index (χ1) is 30.5. The van der Waals surface area contributed by atoms with Crippen molar-refractivity contribution >= 4 is 69.0 Å². The Labute approximate surface area is 361 Å². The van der Waals surface area contributed by atoms with Crippen molar-refractivity contribution in [2.24, 2.45) is 14.1 Å². The molecule has 3 heterocycles. The molecule has 0 fully saturated rings. The molecule has 0 bridgehead atoms. The van der Waals surface area contributed by atoms with Crippen LogP contribution in [0, 0.1) is 30.3 Å². The Balaban J connectivity index is 1.10. The number of nitro groups is 3. The number of anilines is 1. The highest BCUT2D eigenvalue weighted by Crippen LogP contribution is 2.36. The van der Waals surface area contributed by atoms with Gasteiger partial charge in [0.15, 0.2) is 0 Å². The number of aromatic nitrogens is 2. The highest BCUT2D eigenvalue weighted by atomic mass is 16.6. The highest BCUT2D eigenvalue weighted by molar-refractivity contribution is 6.36. The third kappa shape index (κ3) is 10.0. The van der Waals surface area contributed by atoms with E-state index in [4.69, 9.17) is 0 Å². The van der Waals surface area contributed by atoms with Crippen LogP contribution in [-0.4, -0.2) is 112 Å². The van der Waals surface area contributed by atoms with E-state index >= 15 is 0 Å². The van der Waals surface area contributed by atoms with E-state index in [1.807, 2.05) is 0 Å². The molecule has 0 spiro atoms. The van der Waals surface area contributed by atoms with Crippen molar-refractivity contribution in [3.8, 4) is 0 Å². The molecule has 3 aromatic carbocycles. The summed E-state index contributed by atoms with van der Waals surface area (Å²) in [5.41, 5.74) is -1.05. The molecule has 332 valence electrons. The lowest BCUT2D eigenvalue weighted by Crippen LogP contribution is -2.41. The van der Waals surface area contributed by atoms with Gasteiger partial charge in [0.25, 0.3) is 52.5 Å². The molecular formula is C40H40N12O12. The molecule has 0 saturated heterocycles. The molecular weight excluding hydrogens is 841 g/mol. The molecule has 5 aromatic rings. The van der Waals surface area contributed by atoms with Gasteiger partial charge in [0.2, 0.25) is 0 Å². The Morgan fingerprint density at radius 2 is 0.969 bits per heavy atom. The normalized spacial score (nSPS) is 11.9. The topological polar surface area (TPSA) is 317 Å². The quantitative estimate of drug-likeness (QED) is 0.0280. The van der Waals surface area contributed by atoms with Crippen molar-refractivity contribution in [2.45, 2.75) is 0 Å². The van der Waals surface area contributed by atoms with E-state index in [-0.39, 0.29) is 114 Å². The van der Waals surface area contributed by atoms with Gasteiger partial charge in [0.1, 0.15) is 11.4 Å². The van der Waals surface area contributed by atoms with Crippen molar-refractivity contribution in [1.29, 1.82) is 0 Å². The van der Waals surface area contributed by atoms with Crippen LogP contribution < -0.4 is 36.8 Å². The van der Waals surface area contributed by atoms with E-state index in [2.05, 4.69) is 31.9 Å². The fourth-order valence-corrected chi connectivity index (χ4v) is 6.87. The van der Waals surface area contributed by atoms with E-state index in [0.717, 1.165) is 23.1 Å². The maximum Gasteiger partial charge on any atom is 0.287 e. The zero-order valence-corrected chi connectivity index (χ0v) is 34.2. The maximum absolute atomic E-state index is 14.0. The van der Waals surface area contributed by atoms with Crippen molar-refractivity contribution in [1.82, 2.24) is 41.0 Å². The number of amides is 6. The van der Waals surface area contributed by atoms with E-state index in [1.54, 1.807) is 0 Å². The molecule has 6 amide bonds. The second kappa shape index (κ2) is 19.6. The fraction of sp³-hybridized carbons (Fsp3) is 0.250. The highest BCUT2D eigenvalue weighted by Gasteiger charge is 2.36. The Hall–Kier alpha value is -8.38. The zero-order valence-electron chi connectivity index (χ0n) is 34.2. The lowest BCUT2D eigenvalue weighted by atomic mass is 9.92. The van der Waals surface area contributed by atoms with Gasteiger partial charge >= 0.3 is 0 Å². The summed E-state index contributed by atoms with van der Waals surface area (Å²) in [6.07, 6.45) is 2.44. The predicted octanol–water partition coefficient (Wildman–Crippen LogP) is 1.54. The molecule has 1 aliphatic heterocycles. The summed E-state index contributed by atoms with van der Waals surface area (Å²) in [6, 6.07) is 12.9. The van der Waals surface area contributed by atoms with Crippen LogP contribution in [0.5, 0.6) is 0 Å². The van der Waals surface area contributed by atoms with E-state index < -0.39 is 50.2 Å². The Morgan fingerprint density at radius 3 is 1.41 bits per heavy atom. The number of hydrogen-bond donors (Lipinski definition) is 6. The molecule has 24 nitrogen and oxygen atoms in total. The molecule has 0 atom stereocenters. The van der Waals surface area contributed by atoms with Gasteiger partial charge in [-0.05, 0) is 29.7 Å². The van der Waals surface area contributed by atoms with Gasteiger partial charge in [-0.1, -0.05) is 12.1 Å². The van der Waals surface area contributed by atoms with Gasteiger partial charge in [-0.25, -0.2) is 4.90 Å². The zero-order chi connectivity index (χ0) is 46.2. The van der Waals surface area contributed by atoms with Crippen molar-refractivity contribution < 1.29 is 43.5 Å².